The van der Waals surface area contributed by atoms with Crippen molar-refractivity contribution in [3.8, 4) is 5.75 Å². The lowest BCUT2D eigenvalue weighted by Gasteiger charge is -2.11. The van der Waals surface area contributed by atoms with E-state index in [1.807, 2.05) is 34.9 Å². The van der Waals surface area contributed by atoms with E-state index in [1.165, 1.54) is 0 Å². The number of aromatic hydroxyl groups is 1. The van der Waals surface area contributed by atoms with Crippen LogP contribution in [0.25, 0.3) is 21.1 Å². The molecule has 0 saturated carbocycles. The molecule has 114 valence electrons. The first-order valence-corrected chi connectivity index (χ1v) is 8.59. The molecule has 0 fully saturated rings. The molecular weight excluding hydrogens is 348 g/mol. The van der Waals surface area contributed by atoms with Crippen LogP contribution in [0.15, 0.2) is 48.7 Å². The van der Waals surface area contributed by atoms with Gasteiger partial charge in [-0.3, -0.25) is 4.98 Å². The quantitative estimate of drug-likeness (QED) is 0.488. The number of aromatic nitrogens is 2. The summed E-state index contributed by atoms with van der Waals surface area (Å²) in [4.78, 5) is 4.25. The first kappa shape index (κ1) is 14.6. The fraction of sp³-hybridized carbons (Fsp3) is 0.0588. The van der Waals surface area contributed by atoms with Crippen molar-refractivity contribution in [2.45, 2.75) is 6.54 Å². The highest BCUT2D eigenvalue weighted by atomic mass is 35.5. The molecule has 0 bridgehead atoms. The Morgan fingerprint density at radius 1 is 1.22 bits per heavy atom. The number of pyridine rings is 1. The molecule has 2 aromatic heterocycles. The summed E-state index contributed by atoms with van der Waals surface area (Å²) < 4.78 is 3.90. The van der Waals surface area contributed by atoms with Gasteiger partial charge in [0.2, 0.25) is 0 Å². The highest BCUT2D eigenvalue weighted by molar-refractivity contribution is 7.73. The second kappa shape index (κ2) is 5.60. The molecule has 3 nitrogen and oxygen atoms in total. The Kier molecular flexibility index (Phi) is 3.56. The Morgan fingerprint density at radius 2 is 2.04 bits per heavy atom. The number of thiazole rings is 1. The molecule has 0 radical (unpaired) electrons. The molecule has 0 unspecified atom stereocenters. The smallest absolute Gasteiger partial charge is 0.162 e. The lowest BCUT2D eigenvalue weighted by atomic mass is 10.1. The summed E-state index contributed by atoms with van der Waals surface area (Å²) in [5.74, 6) is 0.155. The van der Waals surface area contributed by atoms with Crippen molar-refractivity contribution in [1.29, 1.82) is 0 Å². The standard InChI is InChI=1S/C17H11ClN2OS2/c18-12-8-10(16(21)15-11(12)4-3-7-19-15)9-20-13-5-1-2-6-14(13)23-17(20)22/h1-8,21H,9H2. The molecule has 1 N–H and O–H groups in total. The van der Waals surface area contributed by atoms with E-state index in [-0.39, 0.29) is 5.75 Å². The molecule has 0 aliphatic rings. The van der Waals surface area contributed by atoms with Crippen LogP contribution in [0.3, 0.4) is 0 Å². The molecule has 0 saturated heterocycles. The zero-order chi connectivity index (χ0) is 16.0. The number of rotatable bonds is 2. The normalized spacial score (nSPS) is 11.3. The molecule has 0 amide bonds. The fourth-order valence-corrected chi connectivity index (χ4v) is 4.30. The third-order valence-electron chi connectivity index (χ3n) is 3.80. The van der Waals surface area contributed by atoms with Crippen LogP contribution in [-0.4, -0.2) is 14.7 Å². The zero-order valence-electron chi connectivity index (χ0n) is 11.9. The van der Waals surface area contributed by atoms with Gasteiger partial charge < -0.3 is 9.67 Å². The summed E-state index contributed by atoms with van der Waals surface area (Å²) in [6, 6.07) is 13.5. The predicted octanol–water partition coefficient (Wildman–Crippen LogP) is 5.39. The molecule has 4 aromatic rings. The van der Waals surface area contributed by atoms with Crippen LogP contribution >= 0.6 is 35.2 Å². The molecule has 0 aliphatic heterocycles. The van der Waals surface area contributed by atoms with Crippen molar-refractivity contribution in [3.05, 3.63) is 63.2 Å². The number of phenols is 1. The Labute approximate surface area is 146 Å². The van der Waals surface area contributed by atoms with Gasteiger partial charge in [0.15, 0.2) is 3.95 Å². The molecule has 0 atom stereocenters. The maximum absolute atomic E-state index is 10.6. The predicted molar refractivity (Wildman–Crippen MR) is 98.2 cm³/mol. The number of benzene rings is 2. The highest BCUT2D eigenvalue weighted by Crippen LogP contribution is 2.34. The molecule has 2 aromatic carbocycles. The Hall–Kier alpha value is -1.95. The average molecular weight is 359 g/mol. The largest absolute Gasteiger partial charge is 0.505 e. The summed E-state index contributed by atoms with van der Waals surface area (Å²) in [5, 5.41) is 11.9. The van der Waals surface area contributed by atoms with Gasteiger partial charge in [0.25, 0.3) is 0 Å². The van der Waals surface area contributed by atoms with Gasteiger partial charge in [-0.15, -0.1) is 11.3 Å². The van der Waals surface area contributed by atoms with E-state index in [1.54, 1.807) is 29.7 Å². The minimum absolute atomic E-state index is 0.155. The molecule has 6 heteroatoms. The van der Waals surface area contributed by atoms with Gasteiger partial charge in [0.1, 0.15) is 11.3 Å². The van der Waals surface area contributed by atoms with Crippen LogP contribution in [0.4, 0.5) is 0 Å². The van der Waals surface area contributed by atoms with Crippen LogP contribution < -0.4 is 0 Å². The van der Waals surface area contributed by atoms with Crippen molar-refractivity contribution in [2.75, 3.05) is 0 Å². The second-order valence-electron chi connectivity index (χ2n) is 5.19. The first-order valence-electron chi connectivity index (χ1n) is 6.98. The number of halogens is 1. The third kappa shape index (κ3) is 2.41. The fourth-order valence-electron chi connectivity index (χ4n) is 2.69. The Bertz CT molecular complexity index is 1100. The van der Waals surface area contributed by atoms with Gasteiger partial charge in [-0.25, -0.2) is 0 Å². The lowest BCUT2D eigenvalue weighted by molar-refractivity contribution is 0.471. The van der Waals surface area contributed by atoms with Gasteiger partial charge in [-0.2, -0.15) is 0 Å². The maximum atomic E-state index is 10.6. The average Bonchev–Trinajstić information content (AvgIpc) is 2.88. The van der Waals surface area contributed by atoms with Crippen molar-refractivity contribution in [1.82, 2.24) is 9.55 Å². The minimum Gasteiger partial charge on any atom is -0.505 e. The topological polar surface area (TPSA) is 38.0 Å². The Morgan fingerprint density at radius 3 is 2.91 bits per heavy atom. The van der Waals surface area contributed by atoms with E-state index in [0.717, 1.165) is 19.6 Å². The van der Waals surface area contributed by atoms with Crippen molar-refractivity contribution in [3.63, 3.8) is 0 Å². The van der Waals surface area contributed by atoms with Crippen LogP contribution in [-0.2, 0) is 6.54 Å². The van der Waals surface area contributed by atoms with E-state index < -0.39 is 0 Å². The van der Waals surface area contributed by atoms with Gasteiger partial charge in [0, 0.05) is 17.1 Å². The summed E-state index contributed by atoms with van der Waals surface area (Å²) in [6.45, 7) is 0.459. The molecule has 0 spiro atoms. The molecule has 2 heterocycles. The van der Waals surface area contributed by atoms with Crippen molar-refractivity contribution < 1.29 is 5.11 Å². The monoisotopic (exact) mass is 358 g/mol. The van der Waals surface area contributed by atoms with Crippen molar-refractivity contribution >= 4 is 56.3 Å². The van der Waals surface area contributed by atoms with Gasteiger partial charge in [-0.05, 0) is 42.5 Å². The second-order valence-corrected chi connectivity index (χ2v) is 7.27. The summed E-state index contributed by atoms with van der Waals surface area (Å²) >= 11 is 13.4. The SMILES string of the molecule is Oc1c(Cn2c(=S)sc3ccccc32)cc(Cl)c2cccnc12. The van der Waals surface area contributed by atoms with Crippen LogP contribution in [0.2, 0.25) is 5.02 Å². The molecule has 4 rings (SSSR count). The Balaban J connectivity index is 1.92. The highest BCUT2D eigenvalue weighted by Gasteiger charge is 2.13. The van der Waals surface area contributed by atoms with E-state index >= 15 is 0 Å². The summed E-state index contributed by atoms with van der Waals surface area (Å²) in [7, 11) is 0. The summed E-state index contributed by atoms with van der Waals surface area (Å²) in [6.07, 6.45) is 1.65. The van der Waals surface area contributed by atoms with E-state index in [9.17, 15) is 5.11 Å². The van der Waals surface area contributed by atoms with Gasteiger partial charge >= 0.3 is 0 Å². The van der Waals surface area contributed by atoms with Gasteiger partial charge in [0.05, 0.1) is 21.8 Å². The number of hydrogen-bond donors (Lipinski definition) is 1. The minimum atomic E-state index is 0.155. The first-order chi connectivity index (χ1) is 11.1. The van der Waals surface area contributed by atoms with Crippen molar-refractivity contribution in [2.24, 2.45) is 0 Å². The van der Waals surface area contributed by atoms with Gasteiger partial charge in [-0.1, -0.05) is 23.7 Å². The van der Waals surface area contributed by atoms with Crippen LogP contribution in [0.1, 0.15) is 5.56 Å². The lowest BCUT2D eigenvalue weighted by Crippen LogP contribution is -2.00. The number of hydrogen-bond acceptors (Lipinski definition) is 4. The van der Waals surface area contributed by atoms with E-state index in [4.69, 9.17) is 23.8 Å². The van der Waals surface area contributed by atoms with E-state index in [0.29, 0.717) is 22.6 Å². The number of para-hydroxylation sites is 1. The third-order valence-corrected chi connectivity index (χ3v) is 5.54. The van der Waals surface area contributed by atoms with E-state index in [2.05, 4.69) is 4.98 Å². The van der Waals surface area contributed by atoms with Crippen LogP contribution in [0, 0.1) is 3.95 Å². The zero-order valence-corrected chi connectivity index (χ0v) is 14.3. The maximum Gasteiger partial charge on any atom is 0.162 e. The number of fused-ring (bicyclic) bond motifs is 2. The number of phenolic OH excluding ortho intramolecular Hbond substituents is 1. The molecular formula is C17H11ClN2OS2. The van der Waals surface area contributed by atoms with Crippen LogP contribution in [0.5, 0.6) is 5.75 Å². The summed E-state index contributed by atoms with van der Waals surface area (Å²) in [5.41, 5.74) is 2.28. The number of nitrogens with zero attached hydrogens (tertiary/aromatic N) is 2. The molecule has 23 heavy (non-hydrogen) atoms. The molecule has 0 aliphatic carbocycles.